The number of carbonyl (C=O) groups is 1. The molecule has 0 heterocycles. The van der Waals surface area contributed by atoms with Crippen molar-refractivity contribution in [2.75, 3.05) is 40.5 Å². The van der Waals surface area contributed by atoms with E-state index in [4.69, 9.17) is 18.5 Å². The molecule has 0 rings (SSSR count). The first-order valence-electron chi connectivity index (χ1n) is 15.2. The lowest BCUT2D eigenvalue weighted by molar-refractivity contribution is 0.00232. The van der Waals surface area contributed by atoms with Crippen LogP contribution in [0.25, 0.3) is 0 Å². The highest BCUT2D eigenvalue weighted by molar-refractivity contribution is 7.40. The Labute approximate surface area is 230 Å². The molecule has 8 heteroatoms. The predicted molar refractivity (Wildman–Crippen MR) is 155 cm³/mol. The fraction of sp³-hybridized carbons (Fsp3) is 0.966. The summed E-state index contributed by atoms with van der Waals surface area (Å²) in [5.74, 6) is 0. The Hall–Kier alpha value is -0.460. The lowest BCUT2D eigenvalue weighted by atomic mass is 10.0. The molecular weight excluding hydrogens is 489 g/mol. The van der Waals surface area contributed by atoms with Gasteiger partial charge in [0.15, 0.2) is 0 Å². The van der Waals surface area contributed by atoms with Crippen molar-refractivity contribution >= 4 is 14.8 Å². The van der Waals surface area contributed by atoms with Crippen molar-refractivity contribution < 1.29 is 28.2 Å². The topological polar surface area (TPSA) is 77.5 Å². The predicted octanol–water partition coefficient (Wildman–Crippen LogP) is 8.77. The highest BCUT2D eigenvalue weighted by atomic mass is 31.2. The van der Waals surface area contributed by atoms with E-state index in [0.717, 1.165) is 12.8 Å². The van der Waals surface area contributed by atoms with Crippen molar-refractivity contribution in [3.05, 3.63) is 0 Å². The van der Waals surface area contributed by atoms with Gasteiger partial charge in [-0.05, 0) is 33.9 Å². The van der Waals surface area contributed by atoms with Crippen LogP contribution in [0.2, 0.25) is 0 Å². The van der Waals surface area contributed by atoms with Crippen molar-refractivity contribution in [1.82, 2.24) is 4.90 Å². The SMILES string of the molecule is CCCCCCCCCCCCCCCCCCCCC(COP(O)OCCN(C)C)OC(=O)OCC. The fourth-order valence-electron chi connectivity index (χ4n) is 4.22. The molecule has 0 fully saturated rings. The molecule has 0 saturated heterocycles. The van der Waals surface area contributed by atoms with Crippen LogP contribution < -0.4 is 0 Å². The van der Waals surface area contributed by atoms with Crippen LogP contribution in [0.15, 0.2) is 0 Å². The Balaban J connectivity index is 3.70. The van der Waals surface area contributed by atoms with Gasteiger partial charge in [-0.1, -0.05) is 116 Å². The van der Waals surface area contributed by atoms with Crippen molar-refractivity contribution in [2.45, 2.75) is 142 Å². The van der Waals surface area contributed by atoms with Gasteiger partial charge in [0.1, 0.15) is 6.10 Å². The average Bonchev–Trinajstić information content (AvgIpc) is 2.86. The Morgan fingerprint density at radius 3 is 1.62 bits per heavy atom. The maximum absolute atomic E-state index is 11.7. The molecule has 0 aromatic carbocycles. The first-order chi connectivity index (χ1) is 18.0. The smallest absolute Gasteiger partial charge is 0.435 e. The average molecular weight is 550 g/mol. The summed E-state index contributed by atoms with van der Waals surface area (Å²) in [6, 6.07) is 0. The zero-order valence-corrected chi connectivity index (χ0v) is 25.6. The van der Waals surface area contributed by atoms with E-state index < -0.39 is 20.9 Å². The molecule has 0 radical (unpaired) electrons. The summed E-state index contributed by atoms with van der Waals surface area (Å²) in [4.78, 5) is 23.6. The second-order valence-electron chi connectivity index (χ2n) is 10.4. The summed E-state index contributed by atoms with van der Waals surface area (Å²) < 4.78 is 20.9. The van der Waals surface area contributed by atoms with E-state index in [0.29, 0.717) is 19.6 Å². The molecule has 0 aliphatic heterocycles. The largest absolute Gasteiger partial charge is 0.508 e. The van der Waals surface area contributed by atoms with Gasteiger partial charge >= 0.3 is 14.8 Å². The van der Waals surface area contributed by atoms with Crippen LogP contribution in [-0.4, -0.2) is 62.5 Å². The molecular formula is C29H60NO6P. The first kappa shape index (κ1) is 36.5. The van der Waals surface area contributed by atoms with Gasteiger partial charge in [0.25, 0.3) is 0 Å². The normalized spacial score (nSPS) is 13.1. The Morgan fingerprint density at radius 2 is 1.19 bits per heavy atom. The van der Waals surface area contributed by atoms with Crippen LogP contribution in [0.4, 0.5) is 4.79 Å². The number of carbonyl (C=O) groups excluding carboxylic acids is 1. The molecule has 0 aromatic rings. The standard InChI is InChI=1S/C29H60NO6P/c1-5-7-8-9-10-11-12-13-14-15-16-17-18-19-20-21-22-23-24-28(36-29(31)33-6-2)27-35-37(32)34-26-25-30(3)4/h28,32H,5-27H2,1-4H3. The van der Waals surface area contributed by atoms with E-state index in [1.807, 2.05) is 19.0 Å². The molecule has 2 atom stereocenters. The van der Waals surface area contributed by atoms with Gasteiger partial charge in [-0.3, -0.25) is 0 Å². The maximum atomic E-state index is 11.7. The van der Waals surface area contributed by atoms with Crippen LogP contribution >= 0.6 is 8.60 Å². The second kappa shape index (κ2) is 28.5. The monoisotopic (exact) mass is 549 g/mol. The van der Waals surface area contributed by atoms with Gasteiger partial charge < -0.3 is 28.3 Å². The van der Waals surface area contributed by atoms with Crippen molar-refractivity contribution in [3.8, 4) is 0 Å². The Kier molecular flexibility index (Phi) is 28.2. The van der Waals surface area contributed by atoms with Gasteiger partial charge in [0, 0.05) is 6.54 Å². The molecule has 0 spiro atoms. The van der Waals surface area contributed by atoms with E-state index in [-0.39, 0.29) is 13.2 Å². The molecule has 2 unspecified atom stereocenters. The summed E-state index contributed by atoms with van der Waals surface area (Å²) >= 11 is 0. The highest BCUT2D eigenvalue weighted by Gasteiger charge is 2.18. The van der Waals surface area contributed by atoms with Crippen molar-refractivity contribution in [3.63, 3.8) is 0 Å². The van der Waals surface area contributed by atoms with Crippen LogP contribution in [0, 0.1) is 0 Å². The van der Waals surface area contributed by atoms with E-state index in [1.165, 1.54) is 103 Å². The van der Waals surface area contributed by atoms with Crippen LogP contribution in [0.1, 0.15) is 136 Å². The lowest BCUT2D eigenvalue weighted by Crippen LogP contribution is -2.24. The van der Waals surface area contributed by atoms with E-state index in [1.54, 1.807) is 6.92 Å². The third-order valence-corrected chi connectivity index (χ3v) is 7.29. The van der Waals surface area contributed by atoms with Gasteiger partial charge in [-0.2, -0.15) is 0 Å². The fourth-order valence-corrected chi connectivity index (χ4v) is 4.83. The zero-order chi connectivity index (χ0) is 27.4. The third kappa shape index (κ3) is 28.4. The second-order valence-corrected chi connectivity index (χ2v) is 11.4. The molecule has 0 saturated carbocycles. The van der Waals surface area contributed by atoms with Crippen LogP contribution in [0.3, 0.4) is 0 Å². The van der Waals surface area contributed by atoms with Crippen LogP contribution in [0.5, 0.6) is 0 Å². The molecule has 0 aromatic heterocycles. The van der Waals surface area contributed by atoms with Crippen molar-refractivity contribution in [1.29, 1.82) is 0 Å². The summed E-state index contributed by atoms with van der Waals surface area (Å²) in [6.45, 7) is 5.49. The molecule has 0 amide bonds. The van der Waals surface area contributed by atoms with Gasteiger partial charge in [-0.15, -0.1) is 0 Å². The molecule has 1 N–H and O–H groups in total. The maximum Gasteiger partial charge on any atom is 0.508 e. The van der Waals surface area contributed by atoms with Gasteiger partial charge in [0.05, 0.1) is 19.8 Å². The number of hydrogen-bond donors (Lipinski definition) is 1. The highest BCUT2D eigenvalue weighted by Crippen LogP contribution is 2.33. The molecule has 222 valence electrons. The van der Waals surface area contributed by atoms with E-state index in [9.17, 15) is 9.69 Å². The minimum absolute atomic E-state index is 0.113. The van der Waals surface area contributed by atoms with E-state index in [2.05, 4.69) is 6.92 Å². The molecule has 7 nitrogen and oxygen atoms in total. The summed E-state index contributed by atoms with van der Waals surface area (Å²) in [7, 11) is 1.90. The lowest BCUT2D eigenvalue weighted by Gasteiger charge is -2.19. The van der Waals surface area contributed by atoms with E-state index >= 15 is 0 Å². The number of rotatable bonds is 28. The van der Waals surface area contributed by atoms with Crippen molar-refractivity contribution in [2.24, 2.45) is 0 Å². The summed E-state index contributed by atoms with van der Waals surface area (Å²) in [6.07, 6.45) is 23.6. The first-order valence-corrected chi connectivity index (χ1v) is 16.4. The number of hydrogen-bond acceptors (Lipinski definition) is 7. The molecule has 0 aliphatic rings. The number of ether oxygens (including phenoxy) is 2. The minimum Gasteiger partial charge on any atom is -0.435 e. The summed E-state index contributed by atoms with van der Waals surface area (Å²) in [5.41, 5.74) is 0. The number of likely N-dealkylation sites (N-methyl/N-ethyl adjacent to an activating group) is 1. The molecule has 37 heavy (non-hydrogen) atoms. The molecule has 0 bridgehead atoms. The minimum atomic E-state index is -1.98. The molecule has 0 aliphatic carbocycles. The van der Waals surface area contributed by atoms with Gasteiger partial charge in [0.2, 0.25) is 0 Å². The quantitative estimate of drug-likeness (QED) is 0.0593. The number of nitrogens with zero attached hydrogens (tertiary/aromatic N) is 1. The Morgan fingerprint density at radius 1 is 0.730 bits per heavy atom. The van der Waals surface area contributed by atoms with Crippen LogP contribution in [-0.2, 0) is 18.5 Å². The summed E-state index contributed by atoms with van der Waals surface area (Å²) in [5, 5.41) is 0. The number of unbranched alkanes of at least 4 members (excludes halogenated alkanes) is 17. The third-order valence-electron chi connectivity index (χ3n) is 6.52. The Bertz CT molecular complexity index is 483. The zero-order valence-electron chi connectivity index (χ0n) is 24.7. The van der Waals surface area contributed by atoms with Gasteiger partial charge in [-0.25, -0.2) is 4.79 Å².